The van der Waals surface area contributed by atoms with Gasteiger partial charge in [0.05, 0.1) is 11.0 Å². The number of thiocarbonyl (C=S) groups is 1. The predicted molar refractivity (Wildman–Crippen MR) is 94.7 cm³/mol. The van der Waals surface area contributed by atoms with Crippen LogP contribution in [0.2, 0.25) is 0 Å². The van der Waals surface area contributed by atoms with E-state index >= 15 is 0 Å². The lowest BCUT2D eigenvalue weighted by Crippen LogP contribution is -2.56. The van der Waals surface area contributed by atoms with Crippen molar-refractivity contribution in [3.8, 4) is 0 Å². The summed E-state index contributed by atoms with van der Waals surface area (Å²) in [6.07, 6.45) is 9.32. The Labute approximate surface area is 136 Å². The van der Waals surface area contributed by atoms with Crippen molar-refractivity contribution in [1.29, 1.82) is 0 Å². The van der Waals surface area contributed by atoms with Gasteiger partial charge in [0.15, 0.2) is 0 Å². The number of nitrogens with zero attached hydrogens (tertiary/aromatic N) is 2. The molecule has 3 nitrogen and oxygen atoms in total. The molecule has 2 rings (SSSR count). The SMILES string of the molecule is CCCC(C(N)=S)N1CCN(C2CCC(CC)CC2)CC1. The van der Waals surface area contributed by atoms with Crippen LogP contribution >= 0.6 is 12.2 Å². The van der Waals surface area contributed by atoms with Gasteiger partial charge in [0.2, 0.25) is 0 Å². The summed E-state index contributed by atoms with van der Waals surface area (Å²) in [5, 5.41) is 0. The van der Waals surface area contributed by atoms with Crippen LogP contribution in [0.3, 0.4) is 0 Å². The summed E-state index contributed by atoms with van der Waals surface area (Å²) in [7, 11) is 0. The second-order valence-electron chi connectivity index (χ2n) is 6.86. The molecule has 0 aromatic carbocycles. The molecule has 1 aliphatic carbocycles. The largest absolute Gasteiger partial charge is 0.392 e. The van der Waals surface area contributed by atoms with Gasteiger partial charge in [-0.2, -0.15) is 0 Å². The van der Waals surface area contributed by atoms with Crippen molar-refractivity contribution in [1.82, 2.24) is 9.80 Å². The number of hydrogen-bond donors (Lipinski definition) is 1. The lowest BCUT2D eigenvalue weighted by atomic mass is 9.84. The fraction of sp³-hybridized carbons (Fsp3) is 0.941. The third-order valence-corrected chi connectivity index (χ3v) is 5.86. The fourth-order valence-corrected chi connectivity index (χ4v) is 4.38. The normalized spacial score (nSPS) is 30.2. The van der Waals surface area contributed by atoms with Crippen LogP contribution in [0, 0.1) is 5.92 Å². The summed E-state index contributed by atoms with van der Waals surface area (Å²) in [6, 6.07) is 1.16. The van der Waals surface area contributed by atoms with E-state index < -0.39 is 0 Å². The Morgan fingerprint density at radius 1 is 1.10 bits per heavy atom. The van der Waals surface area contributed by atoms with Crippen LogP contribution in [-0.2, 0) is 0 Å². The lowest BCUT2D eigenvalue weighted by Gasteiger charge is -2.44. The first-order valence-electron chi connectivity index (χ1n) is 8.93. The molecule has 0 spiro atoms. The Morgan fingerprint density at radius 2 is 1.71 bits per heavy atom. The first-order chi connectivity index (χ1) is 10.2. The van der Waals surface area contributed by atoms with Gasteiger partial charge < -0.3 is 5.73 Å². The van der Waals surface area contributed by atoms with Crippen molar-refractivity contribution in [3.63, 3.8) is 0 Å². The minimum absolute atomic E-state index is 0.322. The molecule has 1 atom stereocenters. The summed E-state index contributed by atoms with van der Waals surface area (Å²) in [6.45, 7) is 9.22. The monoisotopic (exact) mass is 311 g/mol. The van der Waals surface area contributed by atoms with Gasteiger partial charge in [-0.25, -0.2) is 0 Å². The zero-order valence-corrected chi connectivity index (χ0v) is 14.7. The van der Waals surface area contributed by atoms with Crippen LogP contribution in [0.5, 0.6) is 0 Å². The molecule has 1 aliphatic heterocycles. The molecule has 0 aromatic rings. The highest BCUT2D eigenvalue weighted by atomic mass is 32.1. The molecule has 21 heavy (non-hydrogen) atoms. The molecule has 1 unspecified atom stereocenters. The molecule has 122 valence electrons. The zero-order valence-electron chi connectivity index (χ0n) is 13.9. The highest BCUT2D eigenvalue weighted by Gasteiger charge is 2.30. The van der Waals surface area contributed by atoms with Crippen LogP contribution in [0.4, 0.5) is 0 Å². The van der Waals surface area contributed by atoms with Crippen LogP contribution in [0.1, 0.15) is 58.8 Å². The van der Waals surface area contributed by atoms with Crippen molar-refractivity contribution in [2.24, 2.45) is 11.7 Å². The maximum absolute atomic E-state index is 5.94. The number of rotatable bonds is 6. The van der Waals surface area contributed by atoms with Crippen LogP contribution in [0.25, 0.3) is 0 Å². The molecule has 1 saturated carbocycles. The van der Waals surface area contributed by atoms with E-state index in [2.05, 4.69) is 23.6 Å². The van der Waals surface area contributed by atoms with Gasteiger partial charge in [0.25, 0.3) is 0 Å². The van der Waals surface area contributed by atoms with Gasteiger partial charge in [-0.05, 0) is 38.0 Å². The topological polar surface area (TPSA) is 32.5 Å². The Hall–Kier alpha value is -0.190. The van der Waals surface area contributed by atoms with Crippen molar-refractivity contribution in [3.05, 3.63) is 0 Å². The molecule has 0 aromatic heterocycles. The maximum atomic E-state index is 5.94. The molecular weight excluding hydrogens is 278 g/mol. The van der Waals surface area contributed by atoms with E-state index in [0.29, 0.717) is 11.0 Å². The molecule has 0 radical (unpaired) electrons. The van der Waals surface area contributed by atoms with E-state index in [1.54, 1.807) is 0 Å². The number of nitrogens with two attached hydrogens (primary N) is 1. The summed E-state index contributed by atoms with van der Waals surface area (Å²) >= 11 is 5.27. The minimum atomic E-state index is 0.322. The molecule has 2 fully saturated rings. The number of piperazine rings is 1. The van der Waals surface area contributed by atoms with E-state index in [4.69, 9.17) is 18.0 Å². The van der Waals surface area contributed by atoms with E-state index in [-0.39, 0.29) is 0 Å². The first kappa shape index (κ1) is 17.2. The summed E-state index contributed by atoms with van der Waals surface area (Å²) in [5.74, 6) is 0.992. The summed E-state index contributed by atoms with van der Waals surface area (Å²) in [5.41, 5.74) is 5.94. The highest BCUT2D eigenvalue weighted by Crippen LogP contribution is 2.30. The van der Waals surface area contributed by atoms with Gasteiger partial charge in [-0.3, -0.25) is 9.80 Å². The summed E-state index contributed by atoms with van der Waals surface area (Å²) < 4.78 is 0. The first-order valence-corrected chi connectivity index (χ1v) is 9.33. The molecule has 2 N–H and O–H groups in total. The average molecular weight is 312 g/mol. The smallest absolute Gasteiger partial charge is 0.0902 e. The Kier molecular flexibility index (Phi) is 6.90. The van der Waals surface area contributed by atoms with Crippen LogP contribution in [0.15, 0.2) is 0 Å². The van der Waals surface area contributed by atoms with Crippen molar-refractivity contribution >= 4 is 17.2 Å². The Bertz CT molecular complexity index is 318. The van der Waals surface area contributed by atoms with Gasteiger partial charge in [-0.15, -0.1) is 0 Å². The minimum Gasteiger partial charge on any atom is -0.392 e. The highest BCUT2D eigenvalue weighted by molar-refractivity contribution is 7.80. The van der Waals surface area contributed by atoms with E-state index in [1.807, 2.05) is 0 Å². The Balaban J connectivity index is 1.79. The summed E-state index contributed by atoms with van der Waals surface area (Å²) in [4.78, 5) is 5.93. The van der Waals surface area contributed by atoms with E-state index in [0.717, 1.165) is 37.9 Å². The predicted octanol–water partition coefficient (Wildman–Crippen LogP) is 3.03. The van der Waals surface area contributed by atoms with Crippen molar-refractivity contribution in [2.75, 3.05) is 26.2 Å². The Morgan fingerprint density at radius 3 is 2.19 bits per heavy atom. The molecule has 4 heteroatoms. The van der Waals surface area contributed by atoms with E-state index in [1.165, 1.54) is 45.2 Å². The molecule has 0 amide bonds. The van der Waals surface area contributed by atoms with Crippen LogP contribution in [-0.4, -0.2) is 53.1 Å². The molecule has 1 heterocycles. The second-order valence-corrected chi connectivity index (χ2v) is 7.33. The third kappa shape index (κ3) is 4.64. The maximum Gasteiger partial charge on any atom is 0.0902 e. The third-order valence-electron chi connectivity index (χ3n) is 5.59. The quantitative estimate of drug-likeness (QED) is 0.764. The molecule has 2 aliphatic rings. The standard InChI is InChI=1S/C17H33N3S/c1-3-5-16(17(18)21)20-12-10-19(11-13-20)15-8-6-14(4-2)7-9-15/h14-16H,3-13H2,1-2H3,(H2,18,21). The van der Waals surface area contributed by atoms with Gasteiger partial charge in [0, 0.05) is 32.2 Å². The van der Waals surface area contributed by atoms with Crippen molar-refractivity contribution in [2.45, 2.75) is 70.9 Å². The molecular formula is C17H33N3S. The van der Waals surface area contributed by atoms with Crippen molar-refractivity contribution < 1.29 is 0 Å². The van der Waals surface area contributed by atoms with Gasteiger partial charge >= 0.3 is 0 Å². The fourth-order valence-electron chi connectivity index (χ4n) is 4.11. The molecule has 0 bridgehead atoms. The average Bonchev–Trinajstić information content (AvgIpc) is 2.53. The molecule has 1 saturated heterocycles. The van der Waals surface area contributed by atoms with E-state index in [9.17, 15) is 0 Å². The lowest BCUT2D eigenvalue weighted by molar-refractivity contribution is 0.0609. The second kappa shape index (κ2) is 8.44. The van der Waals surface area contributed by atoms with Crippen LogP contribution < -0.4 is 5.73 Å². The number of hydrogen-bond acceptors (Lipinski definition) is 3. The van der Waals surface area contributed by atoms with Gasteiger partial charge in [-0.1, -0.05) is 38.9 Å². The zero-order chi connectivity index (χ0) is 15.2. The van der Waals surface area contributed by atoms with Gasteiger partial charge in [0.1, 0.15) is 0 Å².